The molecule has 4 nitrogen and oxygen atoms in total. The third kappa shape index (κ3) is 0.962. The Morgan fingerprint density at radius 1 is 1.88 bits per heavy atom. The molecular weight excluding hydrogens is 112 g/mol. The molecular formula is C4H6O4. The minimum absolute atomic E-state index is 0.369. The lowest BCUT2D eigenvalue weighted by molar-refractivity contribution is -0.147. The molecule has 0 bridgehead atoms. The summed E-state index contributed by atoms with van der Waals surface area (Å²) in [6.07, 6.45) is -1.78. The summed E-state index contributed by atoms with van der Waals surface area (Å²) in [7, 11) is 0. The van der Waals surface area contributed by atoms with E-state index in [-0.39, 0.29) is 0 Å². The van der Waals surface area contributed by atoms with Gasteiger partial charge in [0.05, 0.1) is 6.61 Å². The number of rotatable bonds is 2. The highest BCUT2D eigenvalue weighted by Crippen LogP contribution is 2.13. The summed E-state index contributed by atoms with van der Waals surface area (Å²) in [5, 5.41) is 16.6. The van der Waals surface area contributed by atoms with Crippen molar-refractivity contribution in [2.45, 2.75) is 12.2 Å². The van der Waals surface area contributed by atoms with E-state index in [2.05, 4.69) is 4.74 Å². The smallest absolute Gasteiger partial charge is 0.335 e. The molecule has 4 heteroatoms. The molecule has 0 saturated carbocycles. The second-order valence-corrected chi connectivity index (χ2v) is 1.65. The quantitative estimate of drug-likeness (QED) is 0.448. The summed E-state index contributed by atoms with van der Waals surface area (Å²) in [4.78, 5) is 9.85. The summed E-state index contributed by atoms with van der Waals surface area (Å²) >= 11 is 0. The Morgan fingerprint density at radius 3 is 2.50 bits per heavy atom. The van der Waals surface area contributed by atoms with Crippen molar-refractivity contribution in [2.24, 2.45) is 0 Å². The van der Waals surface area contributed by atoms with E-state index in [9.17, 15) is 4.79 Å². The molecule has 0 unspecified atom stereocenters. The topological polar surface area (TPSA) is 70.1 Å². The Hall–Kier alpha value is -0.610. The predicted molar refractivity (Wildman–Crippen MR) is 23.4 cm³/mol. The molecule has 1 aliphatic heterocycles. The first-order valence-electron chi connectivity index (χ1n) is 2.24. The van der Waals surface area contributed by atoms with Crippen molar-refractivity contribution < 1.29 is 19.7 Å². The van der Waals surface area contributed by atoms with Crippen LogP contribution in [0.3, 0.4) is 0 Å². The largest absolute Gasteiger partial charge is 0.479 e. The zero-order valence-electron chi connectivity index (χ0n) is 4.07. The molecule has 1 fully saturated rings. The lowest BCUT2D eigenvalue weighted by Crippen LogP contribution is -2.25. The molecule has 0 aromatic rings. The molecule has 0 aliphatic carbocycles. The molecule has 0 radical (unpaired) electrons. The number of ether oxygens (including phenoxy) is 1. The highest BCUT2D eigenvalue weighted by atomic mass is 16.6. The van der Waals surface area contributed by atoms with E-state index in [1.165, 1.54) is 0 Å². The summed E-state index contributed by atoms with van der Waals surface area (Å²) in [5.74, 6) is -1.22. The van der Waals surface area contributed by atoms with Gasteiger partial charge in [0, 0.05) is 0 Å². The van der Waals surface area contributed by atoms with E-state index in [0.717, 1.165) is 0 Å². The predicted octanol–water partition coefficient (Wildman–Crippen LogP) is -1.17. The van der Waals surface area contributed by atoms with Crippen LogP contribution >= 0.6 is 0 Å². The average Bonchev–Trinajstić information content (AvgIpc) is 2.43. The van der Waals surface area contributed by atoms with Gasteiger partial charge in [-0.15, -0.1) is 0 Å². The minimum atomic E-state index is -1.32. The van der Waals surface area contributed by atoms with E-state index in [0.29, 0.717) is 6.61 Å². The van der Waals surface area contributed by atoms with Gasteiger partial charge in [0.15, 0.2) is 6.10 Å². The second kappa shape index (κ2) is 1.72. The van der Waals surface area contributed by atoms with Crippen molar-refractivity contribution >= 4 is 5.97 Å². The van der Waals surface area contributed by atoms with Crippen molar-refractivity contribution in [3.63, 3.8) is 0 Å². The fourth-order valence-corrected chi connectivity index (χ4v) is 0.397. The van der Waals surface area contributed by atoms with Gasteiger partial charge in [0.1, 0.15) is 6.10 Å². The molecule has 0 amide bonds. The molecule has 0 aromatic carbocycles. The van der Waals surface area contributed by atoms with Crippen molar-refractivity contribution in [1.82, 2.24) is 0 Å². The lowest BCUT2D eigenvalue weighted by Gasteiger charge is -1.95. The molecule has 46 valence electrons. The number of aliphatic hydroxyl groups excluding tert-OH is 1. The Labute approximate surface area is 45.7 Å². The van der Waals surface area contributed by atoms with Crippen LogP contribution in [0.1, 0.15) is 0 Å². The number of carboxylic acid groups (broad SMARTS) is 1. The highest BCUT2D eigenvalue weighted by Gasteiger charge is 2.36. The molecule has 8 heavy (non-hydrogen) atoms. The Kier molecular flexibility index (Phi) is 1.19. The molecule has 0 spiro atoms. The lowest BCUT2D eigenvalue weighted by atomic mass is 10.3. The zero-order chi connectivity index (χ0) is 6.15. The minimum Gasteiger partial charge on any atom is -0.479 e. The number of hydrogen-bond acceptors (Lipinski definition) is 3. The molecule has 1 aliphatic rings. The standard InChI is InChI=1S/C4H6O4/c5-3(4(6)7)2-1-8-2/h2-3,5H,1H2,(H,6,7)/t2-,3-/m1/s1. The van der Waals surface area contributed by atoms with Gasteiger partial charge in [0.2, 0.25) is 0 Å². The Bertz CT molecular complexity index is 107. The van der Waals surface area contributed by atoms with E-state index >= 15 is 0 Å². The molecule has 0 aromatic heterocycles. The monoisotopic (exact) mass is 118 g/mol. The third-order valence-corrected chi connectivity index (χ3v) is 0.964. The first-order valence-corrected chi connectivity index (χ1v) is 2.24. The zero-order valence-corrected chi connectivity index (χ0v) is 4.07. The normalized spacial score (nSPS) is 29.4. The summed E-state index contributed by atoms with van der Waals surface area (Å²) in [6.45, 7) is 0.369. The van der Waals surface area contributed by atoms with Crippen LogP contribution < -0.4 is 0 Å². The Balaban J connectivity index is 2.32. The van der Waals surface area contributed by atoms with Gasteiger partial charge >= 0.3 is 5.97 Å². The summed E-state index contributed by atoms with van der Waals surface area (Å²) in [5.41, 5.74) is 0. The maximum Gasteiger partial charge on any atom is 0.335 e. The summed E-state index contributed by atoms with van der Waals surface area (Å²) in [6, 6.07) is 0. The van der Waals surface area contributed by atoms with Crippen LogP contribution in [-0.4, -0.2) is 35.0 Å². The van der Waals surface area contributed by atoms with Gasteiger partial charge in [-0.2, -0.15) is 0 Å². The van der Waals surface area contributed by atoms with Crippen molar-refractivity contribution in [3.05, 3.63) is 0 Å². The molecule has 1 saturated heterocycles. The van der Waals surface area contributed by atoms with E-state index in [4.69, 9.17) is 10.2 Å². The van der Waals surface area contributed by atoms with Crippen LogP contribution in [0.2, 0.25) is 0 Å². The maximum atomic E-state index is 9.85. The van der Waals surface area contributed by atoms with Crippen molar-refractivity contribution in [1.29, 1.82) is 0 Å². The fraction of sp³-hybridized carbons (Fsp3) is 0.750. The number of carboxylic acids is 1. The molecule has 2 N–H and O–H groups in total. The SMILES string of the molecule is O=C(O)[C@H](O)[C@H]1CO1. The van der Waals surface area contributed by atoms with Crippen LogP contribution in [0.4, 0.5) is 0 Å². The van der Waals surface area contributed by atoms with Gasteiger partial charge < -0.3 is 14.9 Å². The maximum absolute atomic E-state index is 9.85. The number of epoxide rings is 1. The van der Waals surface area contributed by atoms with Crippen molar-refractivity contribution in [2.75, 3.05) is 6.61 Å². The summed E-state index contributed by atoms with van der Waals surface area (Å²) < 4.78 is 4.50. The van der Waals surface area contributed by atoms with Crippen LogP contribution in [0.25, 0.3) is 0 Å². The van der Waals surface area contributed by atoms with Crippen LogP contribution in [0.15, 0.2) is 0 Å². The average molecular weight is 118 g/mol. The molecule has 1 heterocycles. The number of hydrogen-bond donors (Lipinski definition) is 2. The first kappa shape index (κ1) is 5.53. The van der Waals surface area contributed by atoms with E-state index in [1.54, 1.807) is 0 Å². The van der Waals surface area contributed by atoms with Crippen molar-refractivity contribution in [3.8, 4) is 0 Å². The number of aliphatic carboxylic acids is 1. The van der Waals surface area contributed by atoms with Crippen LogP contribution in [0, 0.1) is 0 Å². The third-order valence-electron chi connectivity index (χ3n) is 0.964. The van der Waals surface area contributed by atoms with E-state index in [1.807, 2.05) is 0 Å². The van der Waals surface area contributed by atoms with Gasteiger partial charge in [0.25, 0.3) is 0 Å². The van der Waals surface area contributed by atoms with Gasteiger partial charge in [-0.05, 0) is 0 Å². The second-order valence-electron chi connectivity index (χ2n) is 1.65. The van der Waals surface area contributed by atoms with Gasteiger partial charge in [-0.1, -0.05) is 0 Å². The number of aliphatic hydroxyl groups is 1. The Morgan fingerprint density at radius 2 is 2.38 bits per heavy atom. The van der Waals surface area contributed by atoms with Gasteiger partial charge in [-0.25, -0.2) is 4.79 Å². The van der Waals surface area contributed by atoms with E-state index < -0.39 is 18.2 Å². The fourth-order valence-electron chi connectivity index (χ4n) is 0.397. The first-order chi connectivity index (χ1) is 3.72. The van der Waals surface area contributed by atoms with Gasteiger partial charge in [-0.3, -0.25) is 0 Å². The van der Waals surface area contributed by atoms with Crippen LogP contribution in [-0.2, 0) is 9.53 Å². The molecule has 1 rings (SSSR count). The molecule has 2 atom stereocenters. The van der Waals surface area contributed by atoms with Crippen LogP contribution in [0.5, 0.6) is 0 Å². The highest BCUT2D eigenvalue weighted by molar-refractivity contribution is 5.73. The number of carbonyl (C=O) groups is 1.